The molecule has 0 fully saturated rings. The summed E-state index contributed by atoms with van der Waals surface area (Å²) in [5.74, 6) is -0.213. The Bertz CT molecular complexity index is 1340. The standard InChI is InChI=1S/C24H20ClN3O5/c1-32-19-10-11-21-20(14-19)23(29)28(27-26-21)13-12-22(24(30)31)33-18-8-4-16(5-9-18)15-2-6-17(25)7-3-15/h2-11,14,22H,12-13H2,1H3,(H,30,31). The van der Waals surface area contributed by atoms with Crippen molar-refractivity contribution in [3.05, 3.63) is 82.1 Å². The first-order valence-electron chi connectivity index (χ1n) is 10.1. The molecular weight excluding hydrogens is 446 g/mol. The van der Waals surface area contributed by atoms with E-state index in [9.17, 15) is 14.7 Å². The number of aliphatic carboxylic acids is 1. The van der Waals surface area contributed by atoms with Crippen molar-refractivity contribution in [2.75, 3.05) is 7.11 Å². The maximum absolute atomic E-state index is 12.7. The summed E-state index contributed by atoms with van der Waals surface area (Å²) in [7, 11) is 1.51. The second kappa shape index (κ2) is 9.70. The van der Waals surface area contributed by atoms with E-state index >= 15 is 0 Å². The summed E-state index contributed by atoms with van der Waals surface area (Å²) in [4.78, 5) is 24.5. The Balaban J connectivity index is 1.47. The maximum Gasteiger partial charge on any atom is 0.344 e. The van der Waals surface area contributed by atoms with Gasteiger partial charge in [0.05, 0.1) is 19.0 Å². The molecule has 0 spiro atoms. The van der Waals surface area contributed by atoms with Crippen LogP contribution in [0.5, 0.6) is 11.5 Å². The zero-order chi connectivity index (χ0) is 23.4. The SMILES string of the molecule is COc1ccc2nnn(CCC(Oc3ccc(-c4ccc(Cl)cc4)cc3)C(=O)O)c(=O)c2c1. The Labute approximate surface area is 194 Å². The number of halogens is 1. The molecule has 0 bridgehead atoms. The number of carboxylic acids is 1. The van der Waals surface area contributed by atoms with Gasteiger partial charge in [0.2, 0.25) is 0 Å². The van der Waals surface area contributed by atoms with E-state index in [4.69, 9.17) is 21.1 Å². The molecule has 4 rings (SSSR count). The highest BCUT2D eigenvalue weighted by Crippen LogP contribution is 2.25. The molecule has 1 aromatic heterocycles. The quantitative estimate of drug-likeness (QED) is 0.418. The van der Waals surface area contributed by atoms with Crippen molar-refractivity contribution < 1.29 is 19.4 Å². The number of ether oxygens (including phenoxy) is 2. The Hall–Kier alpha value is -3.91. The van der Waals surface area contributed by atoms with Crippen LogP contribution < -0.4 is 15.0 Å². The van der Waals surface area contributed by atoms with Crippen molar-refractivity contribution in [2.24, 2.45) is 0 Å². The first-order chi connectivity index (χ1) is 15.9. The molecule has 1 unspecified atom stereocenters. The number of fused-ring (bicyclic) bond motifs is 1. The van der Waals surface area contributed by atoms with E-state index in [2.05, 4.69) is 10.3 Å². The summed E-state index contributed by atoms with van der Waals surface area (Å²) in [6, 6.07) is 19.4. The summed E-state index contributed by atoms with van der Waals surface area (Å²) in [6.07, 6.45) is -1.14. The lowest BCUT2D eigenvalue weighted by Crippen LogP contribution is -2.32. The van der Waals surface area contributed by atoms with Crippen molar-refractivity contribution in [3.8, 4) is 22.6 Å². The minimum absolute atomic E-state index is 0.0261. The van der Waals surface area contributed by atoms with Gasteiger partial charge in [-0.25, -0.2) is 9.48 Å². The molecule has 0 saturated heterocycles. The fourth-order valence-corrected chi connectivity index (χ4v) is 3.46. The van der Waals surface area contributed by atoms with Gasteiger partial charge in [-0.05, 0) is 53.6 Å². The van der Waals surface area contributed by atoms with Crippen LogP contribution in [0, 0.1) is 0 Å². The lowest BCUT2D eigenvalue weighted by atomic mass is 10.1. The summed E-state index contributed by atoms with van der Waals surface area (Å²) >= 11 is 5.93. The number of carboxylic acid groups (broad SMARTS) is 1. The number of benzene rings is 3. The highest BCUT2D eigenvalue weighted by Gasteiger charge is 2.20. The van der Waals surface area contributed by atoms with Crippen molar-refractivity contribution in [1.82, 2.24) is 15.0 Å². The van der Waals surface area contributed by atoms with E-state index in [1.807, 2.05) is 24.3 Å². The first-order valence-corrected chi connectivity index (χ1v) is 10.5. The summed E-state index contributed by atoms with van der Waals surface area (Å²) in [5.41, 5.74) is 1.98. The number of hydrogen-bond donors (Lipinski definition) is 1. The van der Waals surface area contributed by atoms with Gasteiger partial charge in [0, 0.05) is 11.4 Å². The summed E-state index contributed by atoms with van der Waals surface area (Å²) < 4.78 is 12.0. The highest BCUT2D eigenvalue weighted by molar-refractivity contribution is 6.30. The molecule has 0 amide bonds. The molecule has 9 heteroatoms. The fraction of sp³-hybridized carbons (Fsp3) is 0.167. The lowest BCUT2D eigenvalue weighted by Gasteiger charge is -2.16. The molecule has 1 heterocycles. The van der Waals surface area contributed by atoms with Crippen LogP contribution in [-0.2, 0) is 11.3 Å². The molecule has 33 heavy (non-hydrogen) atoms. The van der Waals surface area contributed by atoms with E-state index in [1.165, 1.54) is 7.11 Å². The normalized spacial score (nSPS) is 11.8. The Morgan fingerprint density at radius 1 is 1.03 bits per heavy atom. The molecule has 0 aliphatic heterocycles. The van der Waals surface area contributed by atoms with Gasteiger partial charge in [0.1, 0.15) is 17.0 Å². The molecule has 0 aliphatic carbocycles. The first kappa shape index (κ1) is 22.3. The molecule has 0 saturated carbocycles. The van der Waals surface area contributed by atoms with Crippen molar-refractivity contribution >= 4 is 28.5 Å². The number of aromatic nitrogens is 3. The van der Waals surface area contributed by atoms with Gasteiger partial charge in [0.25, 0.3) is 5.56 Å². The molecule has 0 aliphatic rings. The van der Waals surface area contributed by atoms with Crippen LogP contribution in [0.2, 0.25) is 5.02 Å². The van der Waals surface area contributed by atoms with Crippen molar-refractivity contribution in [1.29, 1.82) is 0 Å². The minimum atomic E-state index is -1.17. The van der Waals surface area contributed by atoms with Gasteiger partial charge < -0.3 is 14.6 Å². The van der Waals surface area contributed by atoms with Crippen LogP contribution in [-0.4, -0.2) is 39.3 Å². The third-order valence-corrected chi connectivity index (χ3v) is 5.37. The zero-order valence-corrected chi connectivity index (χ0v) is 18.4. The third kappa shape index (κ3) is 5.12. The topological polar surface area (TPSA) is 104 Å². The van der Waals surface area contributed by atoms with E-state index in [1.54, 1.807) is 42.5 Å². The fourth-order valence-electron chi connectivity index (χ4n) is 3.33. The second-order valence-corrected chi connectivity index (χ2v) is 7.70. The zero-order valence-electron chi connectivity index (χ0n) is 17.6. The van der Waals surface area contributed by atoms with Crippen LogP contribution in [0.4, 0.5) is 0 Å². The van der Waals surface area contributed by atoms with Crippen LogP contribution in [0.15, 0.2) is 71.5 Å². The van der Waals surface area contributed by atoms with E-state index in [0.29, 0.717) is 27.4 Å². The molecule has 1 atom stereocenters. The largest absolute Gasteiger partial charge is 0.497 e. The van der Waals surface area contributed by atoms with Gasteiger partial charge in [-0.15, -0.1) is 5.10 Å². The van der Waals surface area contributed by atoms with Crippen LogP contribution >= 0.6 is 11.6 Å². The predicted molar refractivity (Wildman–Crippen MR) is 124 cm³/mol. The van der Waals surface area contributed by atoms with Crippen LogP contribution in [0.1, 0.15) is 6.42 Å². The van der Waals surface area contributed by atoms with Gasteiger partial charge in [-0.2, -0.15) is 0 Å². The third-order valence-electron chi connectivity index (χ3n) is 5.12. The van der Waals surface area contributed by atoms with Crippen molar-refractivity contribution in [2.45, 2.75) is 19.1 Å². The maximum atomic E-state index is 12.7. The molecule has 3 aromatic carbocycles. The number of methoxy groups -OCH3 is 1. The number of hydrogen-bond acceptors (Lipinski definition) is 6. The Morgan fingerprint density at radius 3 is 2.30 bits per heavy atom. The number of rotatable bonds is 8. The summed E-state index contributed by atoms with van der Waals surface area (Å²) in [6.45, 7) is 0.0266. The minimum Gasteiger partial charge on any atom is -0.497 e. The van der Waals surface area contributed by atoms with E-state index < -0.39 is 12.1 Å². The second-order valence-electron chi connectivity index (χ2n) is 7.27. The average Bonchev–Trinajstić information content (AvgIpc) is 2.83. The Kier molecular flexibility index (Phi) is 6.55. The van der Waals surface area contributed by atoms with Gasteiger partial charge in [0.15, 0.2) is 6.10 Å². The average molecular weight is 466 g/mol. The molecule has 8 nitrogen and oxygen atoms in total. The predicted octanol–water partition coefficient (Wildman–Crippen LogP) is 4.04. The molecule has 4 aromatic rings. The van der Waals surface area contributed by atoms with Gasteiger partial charge in [-0.1, -0.05) is 41.1 Å². The van der Waals surface area contributed by atoms with Gasteiger partial charge in [-0.3, -0.25) is 4.79 Å². The summed E-state index contributed by atoms with van der Waals surface area (Å²) in [5, 5.41) is 18.5. The van der Waals surface area contributed by atoms with Gasteiger partial charge >= 0.3 is 5.97 Å². The lowest BCUT2D eigenvalue weighted by molar-refractivity contribution is -0.145. The molecule has 1 N–H and O–H groups in total. The highest BCUT2D eigenvalue weighted by atomic mass is 35.5. The molecule has 0 radical (unpaired) electrons. The number of nitrogens with zero attached hydrogens (tertiary/aromatic N) is 3. The smallest absolute Gasteiger partial charge is 0.344 e. The monoisotopic (exact) mass is 465 g/mol. The van der Waals surface area contributed by atoms with Crippen LogP contribution in [0.25, 0.3) is 22.0 Å². The Morgan fingerprint density at radius 2 is 1.67 bits per heavy atom. The number of aryl methyl sites for hydroxylation is 1. The van der Waals surface area contributed by atoms with E-state index in [-0.39, 0.29) is 18.5 Å². The molecule has 168 valence electrons. The van der Waals surface area contributed by atoms with Crippen molar-refractivity contribution in [3.63, 3.8) is 0 Å². The number of carbonyl (C=O) groups is 1. The molecular formula is C24H20ClN3O5. The van der Waals surface area contributed by atoms with Crippen LogP contribution in [0.3, 0.4) is 0 Å². The van der Waals surface area contributed by atoms with E-state index in [0.717, 1.165) is 15.8 Å².